The molecule has 2 aromatic carbocycles. The Balaban J connectivity index is 2.15. The Morgan fingerprint density at radius 1 is 1.06 bits per heavy atom. The Morgan fingerprint density at radius 3 is 2.34 bits per heavy atom. The van der Waals surface area contributed by atoms with Crippen LogP contribution in [0.15, 0.2) is 48.5 Å². The van der Waals surface area contributed by atoms with Gasteiger partial charge in [-0.2, -0.15) is 8.42 Å². The van der Waals surface area contributed by atoms with Crippen LogP contribution in [0.3, 0.4) is 0 Å². The van der Waals surface area contributed by atoms with Gasteiger partial charge in [0, 0.05) is 18.3 Å². The minimum atomic E-state index is -3.64. The Hall–Kier alpha value is -3.07. The number of urea groups is 1. The summed E-state index contributed by atoms with van der Waals surface area (Å²) in [5.41, 5.74) is 1.69. The fourth-order valence-corrected chi connectivity index (χ4v) is 3.36. The van der Waals surface area contributed by atoms with Gasteiger partial charge in [0.25, 0.3) is 0 Å². The molecule has 0 bridgehead atoms. The van der Waals surface area contributed by atoms with Crippen molar-refractivity contribution in [1.29, 1.82) is 0 Å². The third kappa shape index (κ3) is 7.26. The molecule has 2 amide bonds. The van der Waals surface area contributed by atoms with Crippen molar-refractivity contribution in [2.75, 3.05) is 17.7 Å². The molecule has 0 aliphatic heterocycles. The van der Waals surface area contributed by atoms with Gasteiger partial charge in [0.2, 0.25) is 0 Å². The highest BCUT2D eigenvalue weighted by Gasteiger charge is 2.20. The highest BCUT2D eigenvalue weighted by atomic mass is 32.2. The lowest BCUT2D eigenvalue weighted by molar-refractivity contribution is 0.0526. The molecule has 1 atom stereocenters. The van der Waals surface area contributed by atoms with Gasteiger partial charge in [0.05, 0.1) is 17.9 Å². The number of ether oxygens (including phenoxy) is 1. The van der Waals surface area contributed by atoms with Crippen molar-refractivity contribution in [2.45, 2.75) is 46.7 Å². The zero-order valence-corrected chi connectivity index (χ0v) is 19.6. The van der Waals surface area contributed by atoms with E-state index in [-0.39, 0.29) is 36.7 Å². The fourth-order valence-electron chi connectivity index (χ4n) is 2.85. The van der Waals surface area contributed by atoms with Crippen LogP contribution in [0.5, 0.6) is 5.75 Å². The Labute approximate surface area is 189 Å². The topological polar surface area (TPSA) is 102 Å². The second kappa shape index (κ2) is 11.5. The van der Waals surface area contributed by atoms with Crippen LogP contribution in [-0.2, 0) is 21.4 Å². The normalized spacial score (nSPS) is 12.0. The monoisotopic (exact) mass is 462 g/mol. The number of rotatable bonds is 10. The van der Waals surface area contributed by atoms with Crippen LogP contribution in [0.25, 0.3) is 0 Å². The molecule has 1 N–H and O–H groups in total. The van der Waals surface area contributed by atoms with Crippen LogP contribution < -0.4 is 9.50 Å². The lowest BCUT2D eigenvalue weighted by Gasteiger charge is -2.29. The largest absolute Gasteiger partial charge is 0.462 e. The first-order valence-corrected chi connectivity index (χ1v) is 12.1. The van der Waals surface area contributed by atoms with Gasteiger partial charge in [-0.1, -0.05) is 19.1 Å². The van der Waals surface area contributed by atoms with Crippen LogP contribution >= 0.6 is 0 Å². The van der Waals surface area contributed by atoms with Gasteiger partial charge in [0.15, 0.2) is 0 Å². The van der Waals surface area contributed by atoms with Crippen molar-refractivity contribution in [3.63, 3.8) is 0 Å². The number of carbonyl (C=O) groups is 2. The van der Waals surface area contributed by atoms with Crippen molar-refractivity contribution in [3.05, 3.63) is 59.7 Å². The first kappa shape index (κ1) is 25.2. The highest BCUT2D eigenvalue weighted by Crippen LogP contribution is 2.20. The van der Waals surface area contributed by atoms with Gasteiger partial charge < -0.3 is 19.1 Å². The molecule has 2 aromatic rings. The molecular weight excluding hydrogens is 432 g/mol. The number of carbonyl (C=O) groups excluding carboxylic acids is 2. The van der Waals surface area contributed by atoms with Gasteiger partial charge in [-0.25, -0.2) is 9.59 Å². The van der Waals surface area contributed by atoms with Crippen LogP contribution in [0.2, 0.25) is 0 Å². The van der Waals surface area contributed by atoms with E-state index in [1.165, 1.54) is 6.92 Å². The Bertz CT molecular complexity index is 1020. The Morgan fingerprint density at radius 2 is 1.75 bits per heavy atom. The number of anilines is 1. The summed E-state index contributed by atoms with van der Waals surface area (Å²) in [5, 5.41) is 2.85. The van der Waals surface area contributed by atoms with Crippen LogP contribution in [0.4, 0.5) is 10.5 Å². The number of nitrogens with one attached hydrogen (secondary N) is 1. The van der Waals surface area contributed by atoms with Gasteiger partial charge >= 0.3 is 22.1 Å². The summed E-state index contributed by atoms with van der Waals surface area (Å²) in [6, 6.07) is 12.8. The maximum absolute atomic E-state index is 13.0. The summed E-state index contributed by atoms with van der Waals surface area (Å²) in [4.78, 5) is 26.4. The third-order valence-electron chi connectivity index (χ3n) is 4.86. The quantitative estimate of drug-likeness (QED) is 0.414. The van der Waals surface area contributed by atoms with E-state index >= 15 is 0 Å². The van der Waals surface area contributed by atoms with Gasteiger partial charge in [-0.15, -0.1) is 0 Å². The molecule has 0 saturated carbocycles. The molecule has 0 aromatic heterocycles. The third-order valence-corrected chi connectivity index (χ3v) is 6.01. The minimum absolute atomic E-state index is 0.0715. The summed E-state index contributed by atoms with van der Waals surface area (Å²) < 4.78 is 33.5. The fraction of sp³-hybridized carbons (Fsp3) is 0.391. The van der Waals surface area contributed by atoms with E-state index < -0.39 is 16.1 Å². The average molecular weight is 463 g/mol. The summed E-state index contributed by atoms with van der Waals surface area (Å²) in [5.74, 6) is -0.338. The first-order chi connectivity index (χ1) is 15.2. The van der Waals surface area contributed by atoms with E-state index in [4.69, 9.17) is 8.92 Å². The van der Waals surface area contributed by atoms with E-state index in [1.807, 2.05) is 19.9 Å². The number of benzene rings is 2. The number of hydrogen-bond acceptors (Lipinski definition) is 6. The number of amides is 2. The lowest BCUT2D eigenvalue weighted by Crippen LogP contribution is -2.40. The maximum atomic E-state index is 13.0. The van der Waals surface area contributed by atoms with Gasteiger partial charge in [-0.05, 0) is 69.2 Å². The molecule has 0 fully saturated rings. The highest BCUT2D eigenvalue weighted by molar-refractivity contribution is 7.87. The van der Waals surface area contributed by atoms with Crippen molar-refractivity contribution >= 4 is 27.8 Å². The second-order valence-corrected chi connectivity index (χ2v) is 9.05. The van der Waals surface area contributed by atoms with Gasteiger partial charge in [0.1, 0.15) is 5.75 Å². The van der Waals surface area contributed by atoms with Gasteiger partial charge in [-0.3, -0.25) is 0 Å². The zero-order chi connectivity index (χ0) is 23.7. The maximum Gasteiger partial charge on any atom is 0.338 e. The molecule has 0 spiro atoms. The summed E-state index contributed by atoms with van der Waals surface area (Å²) in [6.45, 7) is 7.72. The predicted octanol–water partition coefficient (Wildman–Crippen LogP) is 4.42. The molecule has 0 aliphatic carbocycles. The molecule has 2 rings (SSSR count). The summed E-state index contributed by atoms with van der Waals surface area (Å²) in [7, 11) is -3.64. The van der Waals surface area contributed by atoms with Crippen molar-refractivity contribution in [2.24, 2.45) is 0 Å². The number of hydrogen-bond donors (Lipinski definition) is 1. The first-order valence-electron chi connectivity index (χ1n) is 10.5. The van der Waals surface area contributed by atoms with Crippen molar-refractivity contribution in [1.82, 2.24) is 4.90 Å². The molecule has 0 saturated heterocycles. The standard InChI is InChI=1S/C23H30N2O6S/c1-5-17(4)25(16-18-9-8-10-21(15-18)31-32(28,29)7-3)23(27)24-20-13-11-19(12-14-20)22(26)30-6-2/h8-15,17H,5-7,16H2,1-4H3,(H,24,27). The molecule has 1 unspecified atom stereocenters. The van der Waals surface area contributed by atoms with Crippen LogP contribution in [0, 0.1) is 0 Å². The van der Waals surface area contributed by atoms with E-state index in [2.05, 4.69) is 5.32 Å². The van der Waals surface area contributed by atoms with Crippen molar-refractivity contribution in [3.8, 4) is 5.75 Å². The predicted molar refractivity (Wildman–Crippen MR) is 123 cm³/mol. The molecule has 9 heteroatoms. The smallest absolute Gasteiger partial charge is 0.338 e. The molecule has 0 heterocycles. The van der Waals surface area contributed by atoms with E-state index in [0.717, 1.165) is 12.0 Å². The summed E-state index contributed by atoms with van der Waals surface area (Å²) in [6.07, 6.45) is 0.732. The van der Waals surface area contributed by atoms with E-state index in [0.29, 0.717) is 11.3 Å². The molecule has 0 radical (unpaired) electrons. The lowest BCUT2D eigenvalue weighted by atomic mass is 10.1. The van der Waals surface area contributed by atoms with Crippen LogP contribution in [-0.4, -0.2) is 43.7 Å². The van der Waals surface area contributed by atoms with E-state index in [9.17, 15) is 18.0 Å². The van der Waals surface area contributed by atoms with Crippen molar-refractivity contribution < 1.29 is 26.9 Å². The Kier molecular flexibility index (Phi) is 9.07. The molecule has 8 nitrogen and oxygen atoms in total. The molecule has 32 heavy (non-hydrogen) atoms. The molecular formula is C23H30N2O6S. The molecule has 0 aliphatic rings. The SMILES string of the molecule is CCOC(=O)c1ccc(NC(=O)N(Cc2cccc(OS(=O)(=O)CC)c2)C(C)CC)cc1. The minimum Gasteiger partial charge on any atom is -0.462 e. The summed E-state index contributed by atoms with van der Waals surface area (Å²) >= 11 is 0. The number of esters is 1. The molecule has 174 valence electrons. The zero-order valence-electron chi connectivity index (χ0n) is 18.8. The van der Waals surface area contributed by atoms with Crippen LogP contribution in [0.1, 0.15) is 50.0 Å². The van der Waals surface area contributed by atoms with E-state index in [1.54, 1.807) is 54.3 Å². The second-order valence-electron chi connectivity index (χ2n) is 7.19. The average Bonchev–Trinajstić information content (AvgIpc) is 2.77. The number of nitrogens with zero attached hydrogens (tertiary/aromatic N) is 1.